The summed E-state index contributed by atoms with van der Waals surface area (Å²) in [6.07, 6.45) is 4.50. The highest BCUT2D eigenvalue weighted by atomic mass is 14.2. The number of benzene rings is 2. The molecule has 0 spiro atoms. The molecule has 0 fully saturated rings. The van der Waals surface area contributed by atoms with E-state index in [1.807, 2.05) is 18.2 Å². The van der Waals surface area contributed by atoms with Crippen molar-refractivity contribution in [1.82, 2.24) is 0 Å². The molecule has 110 valence electrons. The first kappa shape index (κ1) is 15.9. The lowest BCUT2D eigenvalue weighted by molar-refractivity contribution is 0.795. The Hall–Kier alpha value is -2.51. The van der Waals surface area contributed by atoms with Crippen molar-refractivity contribution in [1.29, 1.82) is 5.26 Å². The summed E-state index contributed by atoms with van der Waals surface area (Å²) in [6, 6.07) is 16.6. The lowest BCUT2D eigenvalue weighted by Gasteiger charge is -2.00. The largest absolute Gasteiger partial charge is 0.192 e. The van der Waals surface area contributed by atoms with Crippen LogP contribution in [0, 0.1) is 23.2 Å². The first-order chi connectivity index (χ1) is 10.8. The molecule has 22 heavy (non-hydrogen) atoms. The lowest BCUT2D eigenvalue weighted by atomic mass is 10.0. The second kappa shape index (κ2) is 8.06. The molecule has 0 radical (unpaired) electrons. The van der Waals surface area contributed by atoms with Crippen LogP contribution in [0.15, 0.2) is 42.5 Å². The highest BCUT2D eigenvalue weighted by Gasteiger charge is 2.00. The number of nitriles is 1. The molecule has 2 aromatic carbocycles. The molecule has 0 unspecified atom stereocenters. The fraction of sp³-hybridized carbons (Fsp3) is 0.286. The Labute approximate surface area is 133 Å². The highest BCUT2D eigenvalue weighted by Crippen LogP contribution is 2.12. The van der Waals surface area contributed by atoms with Gasteiger partial charge in [0.1, 0.15) is 6.07 Å². The van der Waals surface area contributed by atoms with Crippen LogP contribution in [-0.2, 0) is 12.8 Å². The first-order valence-electron chi connectivity index (χ1n) is 7.90. The number of hydrogen-bond donors (Lipinski definition) is 0. The quantitative estimate of drug-likeness (QED) is 0.736. The van der Waals surface area contributed by atoms with Crippen LogP contribution in [0.5, 0.6) is 0 Å². The normalized spacial score (nSPS) is 9.68. The van der Waals surface area contributed by atoms with Crippen LogP contribution in [0.4, 0.5) is 0 Å². The minimum absolute atomic E-state index is 0.659. The molecular weight excluding hydrogens is 266 g/mol. The standard InChI is InChI=1S/C21H21N/c1-3-5-6-18-7-9-19(10-8-18)12-14-20-13-11-17(4-2)15-21(20)16-22/h7-11,13,15H,3-6H2,1-2H3. The van der Waals surface area contributed by atoms with E-state index in [9.17, 15) is 5.26 Å². The molecule has 0 heterocycles. The van der Waals surface area contributed by atoms with Crippen LogP contribution in [0.2, 0.25) is 0 Å². The van der Waals surface area contributed by atoms with Gasteiger partial charge in [-0.2, -0.15) is 5.26 Å². The number of nitrogens with zero attached hydrogens (tertiary/aromatic N) is 1. The van der Waals surface area contributed by atoms with Crippen LogP contribution < -0.4 is 0 Å². The summed E-state index contributed by atoms with van der Waals surface area (Å²) >= 11 is 0. The maximum absolute atomic E-state index is 9.24. The van der Waals surface area contributed by atoms with Crippen LogP contribution in [-0.4, -0.2) is 0 Å². The number of hydrogen-bond acceptors (Lipinski definition) is 1. The SMILES string of the molecule is CCCCc1ccc(C#Cc2ccc(CC)cc2C#N)cc1. The van der Waals surface area contributed by atoms with Crippen molar-refractivity contribution in [3.8, 4) is 17.9 Å². The Morgan fingerprint density at radius 1 is 0.864 bits per heavy atom. The molecule has 0 aliphatic carbocycles. The van der Waals surface area contributed by atoms with Gasteiger partial charge in [0.05, 0.1) is 5.56 Å². The third-order valence-corrected chi connectivity index (χ3v) is 3.73. The van der Waals surface area contributed by atoms with Gasteiger partial charge < -0.3 is 0 Å². The second-order valence-electron chi connectivity index (χ2n) is 5.40. The fourth-order valence-corrected chi connectivity index (χ4v) is 2.29. The van der Waals surface area contributed by atoms with Crippen molar-refractivity contribution >= 4 is 0 Å². The summed E-state index contributed by atoms with van der Waals surface area (Å²) in [7, 11) is 0. The van der Waals surface area contributed by atoms with E-state index in [-0.39, 0.29) is 0 Å². The Balaban J connectivity index is 2.18. The summed E-state index contributed by atoms with van der Waals surface area (Å²) < 4.78 is 0. The zero-order valence-electron chi connectivity index (χ0n) is 13.3. The molecule has 0 bridgehead atoms. The maximum Gasteiger partial charge on any atom is 0.100 e. The second-order valence-corrected chi connectivity index (χ2v) is 5.40. The van der Waals surface area contributed by atoms with Crippen molar-refractivity contribution in [2.45, 2.75) is 39.5 Å². The highest BCUT2D eigenvalue weighted by molar-refractivity contribution is 5.52. The molecule has 0 amide bonds. The smallest absolute Gasteiger partial charge is 0.100 e. The molecule has 2 aromatic rings. The minimum atomic E-state index is 0.659. The summed E-state index contributed by atoms with van der Waals surface area (Å²) in [4.78, 5) is 0. The fourth-order valence-electron chi connectivity index (χ4n) is 2.29. The summed E-state index contributed by atoms with van der Waals surface area (Å²) in [5.74, 6) is 6.28. The summed E-state index contributed by atoms with van der Waals surface area (Å²) in [5.41, 5.74) is 4.98. The Bertz CT molecular complexity index is 721. The zero-order chi connectivity index (χ0) is 15.8. The average Bonchev–Trinajstić information content (AvgIpc) is 2.58. The van der Waals surface area contributed by atoms with E-state index in [4.69, 9.17) is 0 Å². The monoisotopic (exact) mass is 287 g/mol. The van der Waals surface area contributed by atoms with E-state index in [1.165, 1.54) is 24.0 Å². The van der Waals surface area contributed by atoms with Crippen LogP contribution in [0.25, 0.3) is 0 Å². The van der Waals surface area contributed by atoms with Gasteiger partial charge in [-0.25, -0.2) is 0 Å². The molecule has 1 heteroatoms. The van der Waals surface area contributed by atoms with Crippen molar-refractivity contribution in [3.05, 3.63) is 70.3 Å². The van der Waals surface area contributed by atoms with Gasteiger partial charge in [0.15, 0.2) is 0 Å². The number of unbranched alkanes of at least 4 members (excludes halogenated alkanes) is 1. The molecule has 0 N–H and O–H groups in total. The van der Waals surface area contributed by atoms with Crippen LogP contribution in [0.3, 0.4) is 0 Å². The first-order valence-corrected chi connectivity index (χ1v) is 7.90. The maximum atomic E-state index is 9.24. The summed E-state index contributed by atoms with van der Waals surface area (Å²) in [6.45, 7) is 4.29. The van der Waals surface area contributed by atoms with Crippen molar-refractivity contribution in [2.24, 2.45) is 0 Å². The molecular formula is C21H21N. The topological polar surface area (TPSA) is 23.8 Å². The van der Waals surface area contributed by atoms with Gasteiger partial charge in [-0.1, -0.05) is 50.3 Å². The predicted molar refractivity (Wildman–Crippen MR) is 91.6 cm³/mol. The van der Waals surface area contributed by atoms with Crippen LogP contribution >= 0.6 is 0 Å². The van der Waals surface area contributed by atoms with Crippen molar-refractivity contribution in [2.75, 3.05) is 0 Å². The van der Waals surface area contributed by atoms with Gasteiger partial charge in [-0.05, 0) is 54.7 Å². The Morgan fingerprint density at radius 3 is 2.23 bits per heavy atom. The Kier molecular flexibility index (Phi) is 5.81. The molecule has 0 aliphatic heterocycles. The zero-order valence-corrected chi connectivity index (χ0v) is 13.3. The van der Waals surface area contributed by atoms with Gasteiger partial charge in [0, 0.05) is 11.1 Å². The van der Waals surface area contributed by atoms with E-state index >= 15 is 0 Å². The van der Waals surface area contributed by atoms with E-state index in [1.54, 1.807) is 0 Å². The lowest BCUT2D eigenvalue weighted by Crippen LogP contribution is -1.88. The van der Waals surface area contributed by atoms with E-state index in [2.05, 4.69) is 56.0 Å². The van der Waals surface area contributed by atoms with E-state index in [0.29, 0.717) is 5.56 Å². The third-order valence-electron chi connectivity index (χ3n) is 3.73. The molecule has 0 aromatic heterocycles. The molecule has 0 aliphatic rings. The van der Waals surface area contributed by atoms with E-state index in [0.717, 1.165) is 24.0 Å². The summed E-state index contributed by atoms with van der Waals surface area (Å²) in [5, 5.41) is 9.24. The van der Waals surface area contributed by atoms with Crippen LogP contribution in [0.1, 0.15) is 54.5 Å². The molecule has 1 nitrogen and oxygen atoms in total. The number of rotatable bonds is 4. The van der Waals surface area contributed by atoms with Gasteiger partial charge in [0.25, 0.3) is 0 Å². The molecule has 0 saturated carbocycles. The van der Waals surface area contributed by atoms with Gasteiger partial charge in [-0.15, -0.1) is 0 Å². The average molecular weight is 287 g/mol. The van der Waals surface area contributed by atoms with Crippen molar-refractivity contribution < 1.29 is 0 Å². The number of aryl methyl sites for hydroxylation is 2. The van der Waals surface area contributed by atoms with Gasteiger partial charge in [-0.3, -0.25) is 0 Å². The van der Waals surface area contributed by atoms with E-state index < -0.39 is 0 Å². The van der Waals surface area contributed by atoms with Crippen molar-refractivity contribution in [3.63, 3.8) is 0 Å². The van der Waals surface area contributed by atoms with Gasteiger partial charge >= 0.3 is 0 Å². The minimum Gasteiger partial charge on any atom is -0.192 e. The predicted octanol–water partition coefficient (Wildman–Crippen LogP) is 4.86. The Morgan fingerprint density at radius 2 is 1.59 bits per heavy atom. The van der Waals surface area contributed by atoms with Gasteiger partial charge in [0.2, 0.25) is 0 Å². The molecule has 0 saturated heterocycles. The third kappa shape index (κ3) is 4.24. The molecule has 0 atom stereocenters. The molecule has 2 rings (SSSR count).